The number of amides is 1. The van der Waals surface area contributed by atoms with Crippen LogP contribution in [-0.4, -0.2) is 11.9 Å². The fraction of sp³-hybridized carbons (Fsp3) is 0.941. The lowest BCUT2D eigenvalue weighted by Crippen LogP contribution is -2.48. The number of hydrogen-bond donors (Lipinski definition) is 1. The summed E-state index contributed by atoms with van der Waals surface area (Å²) >= 11 is 0. The van der Waals surface area contributed by atoms with Crippen molar-refractivity contribution in [2.24, 2.45) is 22.7 Å². The van der Waals surface area contributed by atoms with E-state index in [9.17, 15) is 4.79 Å². The number of carbonyl (C=O) groups is 1. The van der Waals surface area contributed by atoms with E-state index in [1.807, 2.05) is 0 Å². The van der Waals surface area contributed by atoms with Gasteiger partial charge in [0.05, 0.1) is 0 Å². The van der Waals surface area contributed by atoms with Crippen molar-refractivity contribution in [2.75, 3.05) is 0 Å². The van der Waals surface area contributed by atoms with Crippen molar-refractivity contribution in [1.82, 2.24) is 5.32 Å². The Balaban J connectivity index is 1.66. The van der Waals surface area contributed by atoms with Gasteiger partial charge in [0.2, 0.25) is 5.91 Å². The molecule has 3 rings (SSSR count). The monoisotopic (exact) mass is 263 g/mol. The summed E-state index contributed by atoms with van der Waals surface area (Å²) in [4.78, 5) is 12.5. The zero-order chi connectivity index (χ0) is 13.7. The van der Waals surface area contributed by atoms with Gasteiger partial charge in [-0.15, -0.1) is 0 Å². The molecule has 0 saturated heterocycles. The summed E-state index contributed by atoms with van der Waals surface area (Å²) in [5, 5.41) is 3.44. The molecule has 0 aromatic carbocycles. The molecule has 3 aliphatic rings. The number of carbonyl (C=O) groups excluding carboxylic acids is 1. The van der Waals surface area contributed by atoms with Gasteiger partial charge in [0.25, 0.3) is 0 Å². The van der Waals surface area contributed by atoms with Crippen LogP contribution in [0.3, 0.4) is 0 Å². The normalized spacial score (nSPS) is 41.4. The Bertz CT molecular complexity index is 369. The highest BCUT2D eigenvalue weighted by Crippen LogP contribution is 2.65. The van der Waals surface area contributed by atoms with Crippen LogP contribution in [0.25, 0.3) is 0 Å². The fourth-order valence-corrected chi connectivity index (χ4v) is 5.08. The fourth-order valence-electron chi connectivity index (χ4n) is 5.08. The van der Waals surface area contributed by atoms with Crippen LogP contribution in [-0.2, 0) is 4.79 Å². The van der Waals surface area contributed by atoms with E-state index in [0.717, 1.165) is 18.8 Å². The van der Waals surface area contributed by atoms with E-state index in [1.165, 1.54) is 38.5 Å². The van der Waals surface area contributed by atoms with E-state index in [1.54, 1.807) is 0 Å². The van der Waals surface area contributed by atoms with Crippen LogP contribution in [0.15, 0.2) is 0 Å². The first kappa shape index (κ1) is 13.5. The molecule has 2 nitrogen and oxygen atoms in total. The molecular weight excluding hydrogens is 234 g/mol. The summed E-state index contributed by atoms with van der Waals surface area (Å²) < 4.78 is 0. The van der Waals surface area contributed by atoms with Crippen LogP contribution < -0.4 is 5.32 Å². The maximum Gasteiger partial charge on any atom is 0.223 e. The predicted molar refractivity (Wildman–Crippen MR) is 77.7 cm³/mol. The summed E-state index contributed by atoms with van der Waals surface area (Å²) in [6.07, 6.45) is 9.90. The van der Waals surface area contributed by atoms with Gasteiger partial charge in [-0.1, -0.05) is 40.0 Å². The van der Waals surface area contributed by atoms with Crippen LogP contribution in [0.2, 0.25) is 0 Å². The smallest absolute Gasteiger partial charge is 0.223 e. The van der Waals surface area contributed by atoms with Crippen molar-refractivity contribution >= 4 is 5.91 Å². The molecule has 108 valence electrons. The zero-order valence-corrected chi connectivity index (χ0v) is 12.8. The number of fused-ring (bicyclic) bond motifs is 2. The predicted octanol–water partition coefficient (Wildman–Crippen LogP) is 3.90. The molecule has 3 aliphatic carbocycles. The molecular formula is C17H29NO. The largest absolute Gasteiger partial charge is 0.353 e. The Kier molecular flexibility index (Phi) is 3.18. The minimum absolute atomic E-state index is 0.305. The Morgan fingerprint density at radius 1 is 1.05 bits per heavy atom. The molecule has 2 bridgehead atoms. The molecule has 2 heteroatoms. The third-order valence-corrected chi connectivity index (χ3v) is 7.09. The Morgan fingerprint density at radius 2 is 1.74 bits per heavy atom. The Labute approximate surface area is 117 Å². The van der Waals surface area contributed by atoms with Gasteiger partial charge in [0.15, 0.2) is 0 Å². The lowest BCUT2D eigenvalue weighted by atomic mass is 9.69. The quantitative estimate of drug-likeness (QED) is 0.804. The first-order valence-electron chi connectivity index (χ1n) is 8.25. The van der Waals surface area contributed by atoms with Gasteiger partial charge < -0.3 is 5.32 Å². The van der Waals surface area contributed by atoms with Gasteiger partial charge in [0, 0.05) is 12.0 Å². The first-order valence-corrected chi connectivity index (χ1v) is 8.25. The van der Waals surface area contributed by atoms with E-state index in [-0.39, 0.29) is 0 Å². The van der Waals surface area contributed by atoms with Crippen molar-refractivity contribution in [3.8, 4) is 0 Å². The summed E-state index contributed by atoms with van der Waals surface area (Å²) in [6.45, 7) is 7.24. The van der Waals surface area contributed by atoms with Crippen LogP contribution in [0.5, 0.6) is 0 Å². The molecule has 1 N–H and O–H groups in total. The average molecular weight is 263 g/mol. The van der Waals surface area contributed by atoms with E-state index >= 15 is 0 Å². The Hall–Kier alpha value is -0.530. The molecule has 3 atom stereocenters. The lowest BCUT2D eigenvalue weighted by Gasteiger charge is -2.40. The highest BCUT2D eigenvalue weighted by molar-refractivity contribution is 5.79. The van der Waals surface area contributed by atoms with Gasteiger partial charge in [-0.25, -0.2) is 0 Å². The SMILES string of the molecule is CC1(C)[C@@H]2CC[C@@]1(C)[C@@H](NC(=O)C1CCCCC1)C2. The average Bonchev–Trinajstić information content (AvgIpc) is 2.73. The van der Waals surface area contributed by atoms with Crippen molar-refractivity contribution < 1.29 is 4.79 Å². The van der Waals surface area contributed by atoms with Crippen molar-refractivity contribution in [2.45, 2.75) is 78.2 Å². The second-order valence-corrected chi connectivity index (χ2v) is 8.01. The maximum absolute atomic E-state index is 12.5. The molecule has 3 saturated carbocycles. The number of nitrogens with one attached hydrogen (secondary N) is 1. The molecule has 0 aromatic heterocycles. The highest BCUT2D eigenvalue weighted by atomic mass is 16.2. The van der Waals surface area contributed by atoms with Crippen LogP contribution in [0.4, 0.5) is 0 Å². The molecule has 0 spiro atoms. The van der Waals surface area contributed by atoms with Crippen molar-refractivity contribution in [1.29, 1.82) is 0 Å². The van der Waals surface area contributed by atoms with Crippen LogP contribution >= 0.6 is 0 Å². The minimum Gasteiger partial charge on any atom is -0.353 e. The standard InChI is InChI=1S/C17H29NO/c1-16(2)13-9-10-17(16,3)14(11-13)18-15(19)12-7-5-4-6-8-12/h12-14H,4-11H2,1-3H3,(H,18,19)/t13-,14+,17+/m1/s1. The maximum atomic E-state index is 12.5. The van der Waals surface area contributed by atoms with Gasteiger partial charge in [0.1, 0.15) is 0 Å². The van der Waals surface area contributed by atoms with Gasteiger partial charge in [-0.2, -0.15) is 0 Å². The molecule has 0 heterocycles. The molecule has 0 radical (unpaired) electrons. The van der Waals surface area contributed by atoms with Gasteiger partial charge in [-0.05, 0) is 48.9 Å². The first-order chi connectivity index (χ1) is 8.95. The second-order valence-electron chi connectivity index (χ2n) is 8.01. The molecule has 3 fully saturated rings. The molecule has 0 aliphatic heterocycles. The second kappa shape index (κ2) is 4.49. The molecule has 0 aromatic rings. The van der Waals surface area contributed by atoms with Crippen molar-refractivity contribution in [3.05, 3.63) is 0 Å². The molecule has 0 unspecified atom stereocenters. The topological polar surface area (TPSA) is 29.1 Å². The van der Waals surface area contributed by atoms with E-state index < -0.39 is 0 Å². The molecule has 19 heavy (non-hydrogen) atoms. The lowest BCUT2D eigenvalue weighted by molar-refractivity contribution is -0.127. The zero-order valence-electron chi connectivity index (χ0n) is 12.8. The third kappa shape index (κ3) is 1.94. The number of hydrogen-bond acceptors (Lipinski definition) is 1. The van der Waals surface area contributed by atoms with Gasteiger partial charge >= 0.3 is 0 Å². The highest BCUT2D eigenvalue weighted by Gasteiger charge is 2.61. The molecule has 1 amide bonds. The van der Waals surface area contributed by atoms with Crippen LogP contribution in [0, 0.1) is 22.7 Å². The van der Waals surface area contributed by atoms with E-state index in [2.05, 4.69) is 26.1 Å². The number of rotatable bonds is 2. The minimum atomic E-state index is 0.305. The summed E-state index contributed by atoms with van der Waals surface area (Å²) in [7, 11) is 0. The van der Waals surface area contributed by atoms with Gasteiger partial charge in [-0.3, -0.25) is 4.79 Å². The van der Waals surface area contributed by atoms with Crippen LogP contribution in [0.1, 0.15) is 72.1 Å². The Morgan fingerprint density at radius 3 is 2.26 bits per heavy atom. The van der Waals surface area contributed by atoms with Crippen molar-refractivity contribution in [3.63, 3.8) is 0 Å². The summed E-state index contributed by atoms with van der Waals surface area (Å²) in [5.74, 6) is 1.48. The summed E-state index contributed by atoms with van der Waals surface area (Å²) in [5.41, 5.74) is 0.722. The third-order valence-electron chi connectivity index (χ3n) is 7.09. The van der Waals surface area contributed by atoms with E-state index in [0.29, 0.717) is 28.7 Å². The summed E-state index contributed by atoms with van der Waals surface area (Å²) in [6, 6.07) is 0.427. The van der Waals surface area contributed by atoms with E-state index in [4.69, 9.17) is 0 Å².